The van der Waals surface area contributed by atoms with Gasteiger partial charge in [0, 0.05) is 28.8 Å². The Labute approximate surface area is 117 Å². The molecule has 0 aliphatic carbocycles. The summed E-state index contributed by atoms with van der Waals surface area (Å²) in [5, 5.41) is 3.37. The number of benzene rings is 1. The number of hydrogen-bond acceptors (Lipinski definition) is 2. The van der Waals surface area contributed by atoms with Gasteiger partial charge in [0.1, 0.15) is 0 Å². The van der Waals surface area contributed by atoms with Crippen molar-refractivity contribution in [1.82, 2.24) is 10.3 Å². The fourth-order valence-electron chi connectivity index (χ4n) is 2.13. The molecule has 1 unspecified atom stereocenters. The molecule has 1 aromatic heterocycles. The standard InChI is InChI=1S/C15H17BrN2/c1-11-9-12(16)6-7-14(11)15(17-2)10-13-5-3-4-8-18-13/h3-9,15,17H,10H2,1-2H3. The van der Waals surface area contributed by atoms with Crippen molar-refractivity contribution < 1.29 is 0 Å². The molecule has 0 bridgehead atoms. The van der Waals surface area contributed by atoms with Gasteiger partial charge in [-0.15, -0.1) is 0 Å². The Kier molecular flexibility index (Phi) is 4.50. The van der Waals surface area contributed by atoms with Crippen molar-refractivity contribution >= 4 is 15.9 Å². The van der Waals surface area contributed by atoms with Gasteiger partial charge in [0.05, 0.1) is 0 Å². The summed E-state index contributed by atoms with van der Waals surface area (Å²) in [5.41, 5.74) is 3.73. The first-order chi connectivity index (χ1) is 8.70. The van der Waals surface area contributed by atoms with Gasteiger partial charge in [0.15, 0.2) is 0 Å². The van der Waals surface area contributed by atoms with E-state index in [0.29, 0.717) is 6.04 Å². The van der Waals surface area contributed by atoms with Gasteiger partial charge in [-0.3, -0.25) is 4.98 Å². The van der Waals surface area contributed by atoms with E-state index in [2.05, 4.69) is 57.4 Å². The molecule has 0 fully saturated rings. The smallest absolute Gasteiger partial charge is 0.0422 e. The average Bonchev–Trinajstić information content (AvgIpc) is 2.38. The minimum absolute atomic E-state index is 0.299. The van der Waals surface area contributed by atoms with Crippen molar-refractivity contribution in [3.63, 3.8) is 0 Å². The van der Waals surface area contributed by atoms with Crippen molar-refractivity contribution in [1.29, 1.82) is 0 Å². The summed E-state index contributed by atoms with van der Waals surface area (Å²) in [4.78, 5) is 4.39. The van der Waals surface area contributed by atoms with Crippen LogP contribution in [0.15, 0.2) is 47.1 Å². The predicted octanol–water partition coefficient (Wildman–Crippen LogP) is 3.66. The summed E-state index contributed by atoms with van der Waals surface area (Å²) >= 11 is 3.50. The second kappa shape index (κ2) is 6.12. The van der Waals surface area contributed by atoms with Gasteiger partial charge in [-0.2, -0.15) is 0 Å². The quantitative estimate of drug-likeness (QED) is 0.932. The molecule has 2 rings (SSSR count). The Morgan fingerprint density at radius 2 is 2.11 bits per heavy atom. The number of nitrogens with zero attached hydrogens (tertiary/aromatic N) is 1. The Hall–Kier alpha value is -1.19. The van der Waals surface area contributed by atoms with E-state index in [4.69, 9.17) is 0 Å². The van der Waals surface area contributed by atoms with Crippen molar-refractivity contribution in [2.24, 2.45) is 0 Å². The molecule has 0 aliphatic heterocycles. The molecular formula is C15H17BrN2. The Morgan fingerprint density at radius 1 is 1.28 bits per heavy atom. The van der Waals surface area contributed by atoms with Crippen LogP contribution in [-0.2, 0) is 6.42 Å². The lowest BCUT2D eigenvalue weighted by molar-refractivity contribution is 0.581. The zero-order valence-corrected chi connectivity index (χ0v) is 12.2. The fraction of sp³-hybridized carbons (Fsp3) is 0.267. The van der Waals surface area contributed by atoms with Crippen LogP contribution in [0.5, 0.6) is 0 Å². The molecule has 0 amide bonds. The summed E-state index contributed by atoms with van der Waals surface area (Å²) in [5.74, 6) is 0. The third kappa shape index (κ3) is 3.18. The first kappa shape index (κ1) is 13.2. The third-order valence-corrected chi connectivity index (χ3v) is 3.59. The lowest BCUT2D eigenvalue weighted by Crippen LogP contribution is -2.20. The minimum Gasteiger partial charge on any atom is -0.313 e. The van der Waals surface area contributed by atoms with E-state index < -0.39 is 0 Å². The van der Waals surface area contributed by atoms with E-state index in [9.17, 15) is 0 Å². The molecule has 1 atom stereocenters. The number of hydrogen-bond donors (Lipinski definition) is 1. The fourth-order valence-corrected chi connectivity index (χ4v) is 2.60. The van der Waals surface area contributed by atoms with E-state index in [1.54, 1.807) is 0 Å². The number of nitrogens with one attached hydrogen (secondary N) is 1. The number of likely N-dealkylation sites (N-methyl/N-ethyl adjacent to an activating group) is 1. The maximum Gasteiger partial charge on any atom is 0.0422 e. The van der Waals surface area contributed by atoms with Crippen LogP contribution in [-0.4, -0.2) is 12.0 Å². The van der Waals surface area contributed by atoms with Crippen LogP contribution in [0.3, 0.4) is 0 Å². The lowest BCUT2D eigenvalue weighted by Gasteiger charge is -2.18. The van der Waals surface area contributed by atoms with Crippen molar-refractivity contribution in [3.05, 3.63) is 63.9 Å². The first-order valence-corrected chi connectivity index (χ1v) is 6.83. The predicted molar refractivity (Wildman–Crippen MR) is 78.6 cm³/mol. The molecule has 0 radical (unpaired) electrons. The maximum absolute atomic E-state index is 4.39. The number of halogens is 1. The molecule has 18 heavy (non-hydrogen) atoms. The Balaban J connectivity index is 2.23. The zero-order chi connectivity index (χ0) is 13.0. The Morgan fingerprint density at radius 3 is 2.72 bits per heavy atom. The van der Waals surface area contributed by atoms with Crippen molar-refractivity contribution in [3.8, 4) is 0 Å². The highest BCUT2D eigenvalue weighted by atomic mass is 79.9. The summed E-state index contributed by atoms with van der Waals surface area (Å²) < 4.78 is 1.12. The van der Waals surface area contributed by atoms with Gasteiger partial charge in [-0.05, 0) is 49.4 Å². The van der Waals surface area contributed by atoms with E-state index >= 15 is 0 Å². The summed E-state index contributed by atoms with van der Waals surface area (Å²) in [7, 11) is 2.00. The molecular weight excluding hydrogens is 288 g/mol. The highest BCUT2D eigenvalue weighted by molar-refractivity contribution is 9.10. The minimum atomic E-state index is 0.299. The third-order valence-electron chi connectivity index (χ3n) is 3.10. The SMILES string of the molecule is CNC(Cc1ccccn1)c1ccc(Br)cc1C. The topological polar surface area (TPSA) is 24.9 Å². The van der Waals surface area contributed by atoms with Crippen molar-refractivity contribution in [2.75, 3.05) is 7.05 Å². The molecule has 0 saturated carbocycles. The largest absolute Gasteiger partial charge is 0.313 e. The monoisotopic (exact) mass is 304 g/mol. The molecule has 0 aliphatic rings. The first-order valence-electron chi connectivity index (χ1n) is 6.04. The summed E-state index contributed by atoms with van der Waals surface area (Å²) in [6.45, 7) is 2.14. The molecule has 94 valence electrons. The molecule has 2 aromatic rings. The summed E-state index contributed by atoms with van der Waals surface area (Å²) in [6.07, 6.45) is 2.75. The Bertz CT molecular complexity index is 511. The zero-order valence-electron chi connectivity index (χ0n) is 10.7. The number of pyridine rings is 1. The van der Waals surface area contributed by atoms with Gasteiger partial charge in [-0.1, -0.05) is 28.1 Å². The van der Waals surface area contributed by atoms with Crippen molar-refractivity contribution in [2.45, 2.75) is 19.4 Å². The molecule has 0 saturated heterocycles. The van der Waals surface area contributed by atoms with Gasteiger partial charge < -0.3 is 5.32 Å². The van der Waals surface area contributed by atoms with Crippen LogP contribution in [0.25, 0.3) is 0 Å². The van der Waals surface area contributed by atoms with Crippen LogP contribution >= 0.6 is 15.9 Å². The van der Waals surface area contributed by atoms with Crippen LogP contribution in [0.1, 0.15) is 22.9 Å². The molecule has 0 spiro atoms. The van der Waals surface area contributed by atoms with E-state index in [1.165, 1.54) is 11.1 Å². The molecule has 1 aromatic carbocycles. The van der Waals surface area contributed by atoms with Gasteiger partial charge in [-0.25, -0.2) is 0 Å². The molecule has 2 nitrogen and oxygen atoms in total. The van der Waals surface area contributed by atoms with Crippen LogP contribution in [0.4, 0.5) is 0 Å². The van der Waals surface area contributed by atoms with Gasteiger partial charge in [0.2, 0.25) is 0 Å². The number of rotatable bonds is 4. The van der Waals surface area contributed by atoms with Crippen LogP contribution < -0.4 is 5.32 Å². The molecule has 1 N–H and O–H groups in total. The van der Waals surface area contributed by atoms with Gasteiger partial charge >= 0.3 is 0 Å². The number of aromatic nitrogens is 1. The highest BCUT2D eigenvalue weighted by Crippen LogP contribution is 2.23. The molecule has 1 heterocycles. The van der Waals surface area contributed by atoms with E-state index in [0.717, 1.165) is 16.6 Å². The van der Waals surface area contributed by atoms with E-state index in [1.807, 2.05) is 25.4 Å². The second-order valence-corrected chi connectivity index (χ2v) is 5.28. The average molecular weight is 305 g/mol. The van der Waals surface area contributed by atoms with Crippen LogP contribution in [0.2, 0.25) is 0 Å². The van der Waals surface area contributed by atoms with Gasteiger partial charge in [0.25, 0.3) is 0 Å². The summed E-state index contributed by atoms with van der Waals surface area (Å²) in [6, 6.07) is 12.8. The molecule has 3 heteroatoms. The highest BCUT2D eigenvalue weighted by Gasteiger charge is 2.13. The second-order valence-electron chi connectivity index (χ2n) is 4.37. The van der Waals surface area contributed by atoms with E-state index in [-0.39, 0.29) is 0 Å². The maximum atomic E-state index is 4.39. The number of aryl methyl sites for hydroxylation is 1. The lowest BCUT2D eigenvalue weighted by atomic mass is 9.97. The normalized spacial score (nSPS) is 12.4. The van der Waals surface area contributed by atoms with Crippen LogP contribution in [0, 0.1) is 6.92 Å².